The van der Waals surface area contributed by atoms with E-state index in [-0.39, 0.29) is 23.0 Å². The Kier molecular flexibility index (Phi) is 5.68. The molecule has 1 aromatic carbocycles. The smallest absolute Gasteiger partial charge is 0.387 e. The number of hydrogen-bond donors (Lipinski definition) is 2. The molecule has 2 aromatic rings. The van der Waals surface area contributed by atoms with E-state index in [1.807, 2.05) is 6.07 Å². The van der Waals surface area contributed by atoms with Gasteiger partial charge in [-0.15, -0.1) is 0 Å². The summed E-state index contributed by atoms with van der Waals surface area (Å²) in [5.41, 5.74) is 0.605. The van der Waals surface area contributed by atoms with Gasteiger partial charge in [0.1, 0.15) is 17.6 Å². The molecule has 1 heterocycles. The summed E-state index contributed by atoms with van der Waals surface area (Å²) >= 11 is 5.78. The first-order valence-corrected chi connectivity index (χ1v) is 6.90. The van der Waals surface area contributed by atoms with E-state index in [0.29, 0.717) is 11.4 Å². The van der Waals surface area contributed by atoms with Crippen LogP contribution in [0, 0.1) is 11.3 Å². The first-order chi connectivity index (χ1) is 11.0. The van der Waals surface area contributed by atoms with E-state index >= 15 is 0 Å². The zero-order chi connectivity index (χ0) is 16.8. The molecule has 0 saturated heterocycles. The van der Waals surface area contributed by atoms with E-state index in [9.17, 15) is 13.9 Å². The Morgan fingerprint density at radius 1 is 1.26 bits per heavy atom. The number of hydrogen-bond acceptors (Lipinski definition) is 5. The third-order valence-corrected chi connectivity index (χ3v) is 3.22. The highest BCUT2D eigenvalue weighted by Gasteiger charge is 2.10. The van der Waals surface area contributed by atoms with E-state index in [0.717, 1.165) is 0 Å². The first kappa shape index (κ1) is 16.9. The Balaban J connectivity index is 1.97. The van der Waals surface area contributed by atoms with E-state index in [4.69, 9.17) is 16.9 Å². The van der Waals surface area contributed by atoms with Gasteiger partial charge in [0.25, 0.3) is 0 Å². The molecule has 120 valence electrons. The number of rotatable bonds is 6. The molecule has 0 spiro atoms. The van der Waals surface area contributed by atoms with Crippen molar-refractivity contribution in [2.45, 2.75) is 12.7 Å². The predicted molar refractivity (Wildman–Crippen MR) is 80.5 cm³/mol. The van der Waals surface area contributed by atoms with Crippen LogP contribution in [0.4, 0.5) is 14.6 Å². The summed E-state index contributed by atoms with van der Waals surface area (Å²) in [6.45, 7) is -2.77. The Bertz CT molecular complexity index is 705. The first-order valence-electron chi connectivity index (χ1n) is 6.53. The Hall–Kier alpha value is -2.43. The molecule has 1 aromatic heterocycles. The molecule has 0 aliphatic rings. The molecule has 0 fully saturated rings. The summed E-state index contributed by atoms with van der Waals surface area (Å²) in [6, 6.07) is 10.6. The highest BCUT2D eigenvalue weighted by Crippen LogP contribution is 2.20. The summed E-state index contributed by atoms with van der Waals surface area (Å²) in [7, 11) is 0. The standard InChI is InChI=1S/C15H12ClF2N3O2/c16-11-5-6-14(21-12(11)7-19)20-8-13(22)9-1-3-10(4-2-9)23-15(17)18/h1-6,13,15,22H,8H2,(H,20,21)/t13-/m0/s1. The monoisotopic (exact) mass is 339 g/mol. The molecule has 2 N–H and O–H groups in total. The number of benzene rings is 1. The summed E-state index contributed by atoms with van der Waals surface area (Å²) in [5.74, 6) is 0.407. The second-order valence-corrected chi connectivity index (χ2v) is 4.89. The molecule has 0 unspecified atom stereocenters. The Morgan fingerprint density at radius 3 is 2.57 bits per heavy atom. The van der Waals surface area contributed by atoms with Gasteiger partial charge in [0.2, 0.25) is 0 Å². The molecule has 0 aliphatic heterocycles. The van der Waals surface area contributed by atoms with Crippen molar-refractivity contribution in [1.82, 2.24) is 4.98 Å². The van der Waals surface area contributed by atoms with Gasteiger partial charge in [-0.2, -0.15) is 14.0 Å². The number of aromatic nitrogens is 1. The average molecular weight is 340 g/mol. The molecule has 0 saturated carbocycles. The highest BCUT2D eigenvalue weighted by molar-refractivity contribution is 6.31. The topological polar surface area (TPSA) is 78.2 Å². The number of nitriles is 1. The van der Waals surface area contributed by atoms with E-state index < -0.39 is 12.7 Å². The van der Waals surface area contributed by atoms with Gasteiger partial charge in [-0.25, -0.2) is 4.98 Å². The van der Waals surface area contributed by atoms with Crippen molar-refractivity contribution in [3.63, 3.8) is 0 Å². The van der Waals surface area contributed by atoms with E-state index in [1.165, 1.54) is 30.3 Å². The lowest BCUT2D eigenvalue weighted by molar-refractivity contribution is -0.0498. The van der Waals surface area contributed by atoms with Crippen molar-refractivity contribution < 1.29 is 18.6 Å². The summed E-state index contributed by atoms with van der Waals surface area (Å²) in [6.07, 6.45) is -0.890. The van der Waals surface area contributed by atoms with Crippen LogP contribution in [0.25, 0.3) is 0 Å². The van der Waals surface area contributed by atoms with Gasteiger partial charge in [0, 0.05) is 6.54 Å². The Morgan fingerprint density at radius 2 is 1.96 bits per heavy atom. The fourth-order valence-corrected chi connectivity index (χ4v) is 1.96. The number of ether oxygens (including phenoxy) is 1. The number of nitrogens with zero attached hydrogens (tertiary/aromatic N) is 2. The van der Waals surface area contributed by atoms with Crippen molar-refractivity contribution in [2.24, 2.45) is 0 Å². The third kappa shape index (κ3) is 4.77. The number of alkyl halides is 2. The molecule has 0 radical (unpaired) electrons. The lowest BCUT2D eigenvalue weighted by Crippen LogP contribution is -2.13. The minimum Gasteiger partial charge on any atom is -0.435 e. The molecule has 0 amide bonds. The van der Waals surface area contributed by atoms with Crippen LogP contribution in [-0.4, -0.2) is 23.2 Å². The maximum absolute atomic E-state index is 12.1. The quantitative estimate of drug-likeness (QED) is 0.843. The third-order valence-electron chi connectivity index (χ3n) is 2.92. The largest absolute Gasteiger partial charge is 0.435 e. The molecule has 1 atom stereocenters. The molecule has 23 heavy (non-hydrogen) atoms. The van der Waals surface area contributed by atoms with Crippen LogP contribution >= 0.6 is 11.6 Å². The molecular formula is C15H12ClF2N3O2. The van der Waals surface area contributed by atoms with Gasteiger partial charge in [0.05, 0.1) is 11.1 Å². The van der Waals surface area contributed by atoms with Crippen LogP contribution in [0.5, 0.6) is 5.75 Å². The van der Waals surface area contributed by atoms with Gasteiger partial charge < -0.3 is 15.2 Å². The van der Waals surface area contributed by atoms with Crippen LogP contribution in [0.15, 0.2) is 36.4 Å². The van der Waals surface area contributed by atoms with Crippen molar-refractivity contribution >= 4 is 17.4 Å². The van der Waals surface area contributed by atoms with Crippen LogP contribution < -0.4 is 10.1 Å². The maximum Gasteiger partial charge on any atom is 0.387 e. The molecule has 0 aliphatic carbocycles. The van der Waals surface area contributed by atoms with Crippen molar-refractivity contribution in [3.8, 4) is 11.8 Å². The van der Waals surface area contributed by atoms with Crippen molar-refractivity contribution in [2.75, 3.05) is 11.9 Å². The average Bonchev–Trinajstić information content (AvgIpc) is 2.54. The van der Waals surface area contributed by atoms with Crippen molar-refractivity contribution in [3.05, 3.63) is 52.7 Å². The number of halogens is 3. The van der Waals surface area contributed by atoms with Gasteiger partial charge >= 0.3 is 6.61 Å². The fourth-order valence-electron chi connectivity index (χ4n) is 1.81. The maximum atomic E-state index is 12.1. The fraction of sp³-hybridized carbons (Fsp3) is 0.200. The van der Waals surface area contributed by atoms with Crippen LogP contribution in [0.3, 0.4) is 0 Å². The summed E-state index contributed by atoms with van der Waals surface area (Å²) in [5, 5.41) is 22.0. The number of anilines is 1. The van der Waals surface area contributed by atoms with Gasteiger partial charge in [-0.1, -0.05) is 23.7 Å². The highest BCUT2D eigenvalue weighted by atomic mass is 35.5. The van der Waals surface area contributed by atoms with Gasteiger partial charge in [0.15, 0.2) is 5.69 Å². The lowest BCUT2D eigenvalue weighted by Gasteiger charge is -2.13. The second-order valence-electron chi connectivity index (χ2n) is 4.48. The number of pyridine rings is 1. The molecule has 5 nitrogen and oxygen atoms in total. The summed E-state index contributed by atoms with van der Waals surface area (Å²) in [4.78, 5) is 3.98. The minimum absolute atomic E-state index is 0.0157. The second kappa shape index (κ2) is 7.72. The molecular weight excluding hydrogens is 328 g/mol. The normalized spacial score (nSPS) is 11.8. The molecule has 8 heteroatoms. The summed E-state index contributed by atoms with van der Waals surface area (Å²) < 4.78 is 28.3. The van der Waals surface area contributed by atoms with Gasteiger partial charge in [-0.3, -0.25) is 0 Å². The zero-order valence-electron chi connectivity index (χ0n) is 11.7. The van der Waals surface area contributed by atoms with Crippen LogP contribution in [0.2, 0.25) is 5.02 Å². The lowest BCUT2D eigenvalue weighted by atomic mass is 10.1. The zero-order valence-corrected chi connectivity index (χ0v) is 12.5. The molecule has 2 rings (SSSR count). The minimum atomic E-state index is -2.89. The number of nitrogens with one attached hydrogen (secondary N) is 1. The Labute approximate surface area is 136 Å². The van der Waals surface area contributed by atoms with Crippen LogP contribution in [-0.2, 0) is 0 Å². The predicted octanol–water partition coefficient (Wildman–Crippen LogP) is 3.35. The SMILES string of the molecule is N#Cc1nc(NC[C@H](O)c2ccc(OC(F)F)cc2)ccc1Cl. The van der Waals surface area contributed by atoms with E-state index in [2.05, 4.69) is 15.0 Å². The van der Waals surface area contributed by atoms with Crippen LogP contribution in [0.1, 0.15) is 17.4 Å². The van der Waals surface area contributed by atoms with Crippen molar-refractivity contribution in [1.29, 1.82) is 5.26 Å². The number of aliphatic hydroxyl groups excluding tert-OH is 1. The van der Waals surface area contributed by atoms with Gasteiger partial charge in [-0.05, 0) is 29.8 Å². The number of aliphatic hydroxyl groups is 1. The van der Waals surface area contributed by atoms with E-state index in [1.54, 1.807) is 6.07 Å². The molecule has 0 bridgehead atoms.